The highest BCUT2D eigenvalue weighted by atomic mass is 16.5. The molecule has 0 saturated carbocycles. The summed E-state index contributed by atoms with van der Waals surface area (Å²) in [6, 6.07) is 16.2. The summed E-state index contributed by atoms with van der Waals surface area (Å²) in [6.45, 7) is 9.65. The van der Waals surface area contributed by atoms with E-state index in [0.717, 1.165) is 49.3 Å². The van der Waals surface area contributed by atoms with Crippen molar-refractivity contribution in [1.29, 1.82) is 0 Å². The van der Waals surface area contributed by atoms with Crippen molar-refractivity contribution in [1.82, 2.24) is 14.4 Å². The summed E-state index contributed by atoms with van der Waals surface area (Å²) in [5.41, 5.74) is 3.71. The first-order chi connectivity index (χ1) is 16.5. The molecule has 4 rings (SSSR count). The van der Waals surface area contributed by atoms with Crippen LogP contribution in [0.4, 0.5) is 0 Å². The van der Waals surface area contributed by atoms with Gasteiger partial charge in [-0.3, -0.25) is 9.80 Å². The molecule has 1 aliphatic heterocycles. The lowest BCUT2D eigenvalue weighted by atomic mass is 10.1. The molecule has 1 saturated heterocycles. The second kappa shape index (κ2) is 11.0. The Balaban J connectivity index is 1.30. The molecule has 2 aromatic carbocycles. The first-order valence-electron chi connectivity index (χ1n) is 12.0. The number of carbonyl (C=O) groups is 1. The first kappa shape index (κ1) is 24.3. The molecule has 1 atom stereocenters. The highest BCUT2D eigenvalue weighted by Gasteiger charge is 2.22. The standard InChI is InChI=1S/C27H35N3O4/c1-4-33-27(32)26-20(2)28(3)25-11-10-23(16-24(25)26)34-19-22(31)18-30-14-12-29(13-15-30)17-21-8-6-5-7-9-21/h5-11,16,22,31H,4,12-15,17-19H2,1-3H3/t22-/m1/s1. The van der Waals surface area contributed by atoms with Crippen LogP contribution >= 0.6 is 0 Å². The molecule has 3 aromatic rings. The highest BCUT2D eigenvalue weighted by molar-refractivity contribution is 6.06. The van der Waals surface area contributed by atoms with Crippen LogP contribution in [0.1, 0.15) is 28.5 Å². The number of β-amino-alcohol motifs (C(OH)–C–C–N with tert-alkyl or cyclic N) is 1. The smallest absolute Gasteiger partial charge is 0.340 e. The van der Waals surface area contributed by atoms with Gasteiger partial charge in [0.25, 0.3) is 0 Å². The summed E-state index contributed by atoms with van der Waals surface area (Å²) < 4.78 is 13.1. The Morgan fingerprint density at radius 1 is 1.06 bits per heavy atom. The lowest BCUT2D eigenvalue weighted by molar-refractivity contribution is 0.0446. The third-order valence-electron chi connectivity index (χ3n) is 6.57. The fraction of sp³-hybridized carbons (Fsp3) is 0.444. The van der Waals surface area contributed by atoms with Crippen LogP contribution < -0.4 is 4.74 Å². The number of carbonyl (C=O) groups excluding carboxylic acids is 1. The van der Waals surface area contributed by atoms with Gasteiger partial charge in [0, 0.05) is 62.9 Å². The molecule has 34 heavy (non-hydrogen) atoms. The summed E-state index contributed by atoms with van der Waals surface area (Å²) in [5, 5.41) is 11.4. The van der Waals surface area contributed by atoms with E-state index in [4.69, 9.17) is 9.47 Å². The number of aryl methyl sites for hydroxylation is 1. The second-order valence-electron chi connectivity index (χ2n) is 8.95. The molecule has 0 unspecified atom stereocenters. The number of piperazine rings is 1. The minimum absolute atomic E-state index is 0.205. The third-order valence-corrected chi connectivity index (χ3v) is 6.57. The molecule has 0 spiro atoms. The van der Waals surface area contributed by atoms with Gasteiger partial charge in [0.05, 0.1) is 12.2 Å². The van der Waals surface area contributed by atoms with Crippen LogP contribution in [-0.4, -0.2) is 77.5 Å². The lowest BCUT2D eigenvalue weighted by Gasteiger charge is -2.35. The Bertz CT molecular complexity index is 1100. The van der Waals surface area contributed by atoms with Crippen LogP contribution in [0, 0.1) is 6.92 Å². The number of hydrogen-bond donors (Lipinski definition) is 1. The monoisotopic (exact) mass is 465 g/mol. The van der Waals surface area contributed by atoms with Crippen molar-refractivity contribution in [3.63, 3.8) is 0 Å². The van der Waals surface area contributed by atoms with Crippen LogP contribution in [0.15, 0.2) is 48.5 Å². The average Bonchev–Trinajstić information content (AvgIpc) is 3.09. The van der Waals surface area contributed by atoms with Crippen molar-refractivity contribution in [2.24, 2.45) is 7.05 Å². The fourth-order valence-electron chi connectivity index (χ4n) is 4.62. The third kappa shape index (κ3) is 5.60. The van der Waals surface area contributed by atoms with Crippen LogP contribution in [-0.2, 0) is 18.3 Å². The minimum atomic E-state index is -0.585. The number of aromatic nitrogens is 1. The number of nitrogens with zero attached hydrogens (tertiary/aromatic N) is 3. The van der Waals surface area contributed by atoms with Crippen molar-refractivity contribution in [2.45, 2.75) is 26.5 Å². The van der Waals surface area contributed by atoms with E-state index in [0.29, 0.717) is 24.5 Å². The molecule has 1 N–H and O–H groups in total. The molecular weight excluding hydrogens is 430 g/mol. The molecule has 7 heteroatoms. The topological polar surface area (TPSA) is 67.2 Å². The van der Waals surface area contributed by atoms with Gasteiger partial charge in [0.2, 0.25) is 0 Å². The summed E-state index contributed by atoms with van der Waals surface area (Å²) in [5.74, 6) is 0.310. The van der Waals surface area contributed by atoms with Crippen LogP contribution in [0.3, 0.4) is 0 Å². The summed E-state index contributed by atoms with van der Waals surface area (Å²) in [7, 11) is 1.93. The van der Waals surface area contributed by atoms with E-state index in [2.05, 4.69) is 34.1 Å². The van der Waals surface area contributed by atoms with E-state index in [1.807, 2.05) is 42.8 Å². The van der Waals surface area contributed by atoms with Crippen molar-refractivity contribution in [3.05, 3.63) is 65.4 Å². The number of hydrogen-bond acceptors (Lipinski definition) is 6. The Morgan fingerprint density at radius 2 is 1.76 bits per heavy atom. The van der Waals surface area contributed by atoms with Crippen molar-refractivity contribution >= 4 is 16.9 Å². The van der Waals surface area contributed by atoms with Gasteiger partial charge in [-0.15, -0.1) is 0 Å². The Morgan fingerprint density at radius 3 is 2.47 bits per heavy atom. The van der Waals surface area contributed by atoms with Gasteiger partial charge in [-0.1, -0.05) is 30.3 Å². The normalized spacial score (nSPS) is 16.0. The number of ether oxygens (including phenoxy) is 2. The highest BCUT2D eigenvalue weighted by Crippen LogP contribution is 2.29. The van der Waals surface area contributed by atoms with Crippen molar-refractivity contribution in [2.75, 3.05) is 45.9 Å². The zero-order valence-corrected chi connectivity index (χ0v) is 20.4. The van der Waals surface area contributed by atoms with Crippen molar-refractivity contribution < 1.29 is 19.4 Å². The predicted octanol–water partition coefficient (Wildman–Crippen LogP) is 3.22. The number of rotatable bonds is 9. The average molecular weight is 466 g/mol. The number of fused-ring (bicyclic) bond motifs is 1. The largest absolute Gasteiger partial charge is 0.491 e. The Hall–Kier alpha value is -2.87. The predicted molar refractivity (Wildman–Crippen MR) is 133 cm³/mol. The quantitative estimate of drug-likeness (QED) is 0.490. The lowest BCUT2D eigenvalue weighted by Crippen LogP contribution is -2.48. The zero-order valence-electron chi connectivity index (χ0n) is 20.4. The molecule has 0 amide bonds. The zero-order chi connectivity index (χ0) is 24.1. The number of aliphatic hydroxyl groups excluding tert-OH is 1. The maximum absolute atomic E-state index is 12.5. The van der Waals surface area contributed by atoms with Gasteiger partial charge in [-0.2, -0.15) is 0 Å². The summed E-state index contributed by atoms with van der Waals surface area (Å²) in [6.07, 6.45) is -0.585. The number of esters is 1. The van der Waals surface area contributed by atoms with Gasteiger partial charge in [-0.05, 0) is 37.6 Å². The van der Waals surface area contributed by atoms with Gasteiger partial charge < -0.3 is 19.1 Å². The molecule has 1 fully saturated rings. The number of benzene rings is 2. The second-order valence-corrected chi connectivity index (χ2v) is 8.95. The van der Waals surface area contributed by atoms with Gasteiger partial charge in [0.1, 0.15) is 18.5 Å². The molecule has 2 heterocycles. The van der Waals surface area contributed by atoms with E-state index in [1.54, 1.807) is 6.92 Å². The van der Waals surface area contributed by atoms with Gasteiger partial charge in [-0.25, -0.2) is 4.79 Å². The molecule has 1 aliphatic rings. The first-order valence-corrected chi connectivity index (χ1v) is 12.0. The molecule has 0 bridgehead atoms. The van der Waals surface area contributed by atoms with Crippen molar-refractivity contribution in [3.8, 4) is 5.75 Å². The Kier molecular flexibility index (Phi) is 7.88. The minimum Gasteiger partial charge on any atom is -0.491 e. The van der Waals surface area contributed by atoms with Crippen LogP contribution in [0.2, 0.25) is 0 Å². The molecule has 7 nitrogen and oxygen atoms in total. The maximum atomic E-state index is 12.5. The number of aliphatic hydroxyl groups is 1. The molecule has 182 valence electrons. The fourth-order valence-corrected chi connectivity index (χ4v) is 4.62. The molecule has 0 radical (unpaired) electrons. The summed E-state index contributed by atoms with van der Waals surface area (Å²) in [4.78, 5) is 17.2. The van der Waals surface area contributed by atoms with Crippen LogP contribution in [0.25, 0.3) is 10.9 Å². The Labute approximate surface area is 201 Å². The molecule has 1 aromatic heterocycles. The van der Waals surface area contributed by atoms with E-state index >= 15 is 0 Å². The SMILES string of the molecule is CCOC(=O)c1c(C)n(C)c2ccc(OC[C@H](O)CN3CCN(Cc4ccccc4)CC3)cc12. The van der Waals surface area contributed by atoms with E-state index in [1.165, 1.54) is 5.56 Å². The maximum Gasteiger partial charge on any atom is 0.340 e. The molecular formula is C27H35N3O4. The van der Waals surface area contributed by atoms with E-state index < -0.39 is 6.10 Å². The van der Waals surface area contributed by atoms with E-state index in [-0.39, 0.29) is 12.6 Å². The van der Waals surface area contributed by atoms with E-state index in [9.17, 15) is 9.90 Å². The summed E-state index contributed by atoms with van der Waals surface area (Å²) >= 11 is 0. The molecule has 0 aliphatic carbocycles. The van der Waals surface area contributed by atoms with Gasteiger partial charge in [0.15, 0.2) is 0 Å². The van der Waals surface area contributed by atoms with Crippen LogP contribution in [0.5, 0.6) is 5.75 Å². The van der Waals surface area contributed by atoms with Gasteiger partial charge >= 0.3 is 5.97 Å².